The van der Waals surface area contributed by atoms with Crippen LogP contribution in [0, 0.1) is 17.1 Å². The summed E-state index contributed by atoms with van der Waals surface area (Å²) < 4.78 is 21.5. The van der Waals surface area contributed by atoms with Crippen LogP contribution < -0.4 is 25.2 Å². The molecule has 0 spiro atoms. The molecule has 0 radical (unpaired) electrons. The number of fused-ring (bicyclic) bond motifs is 1. The molecule has 8 rings (SSSR count). The molecule has 3 aromatic rings. The number of nitrogens with one attached hydrogen (secondary N) is 2. The molecule has 5 amide bonds. The van der Waals surface area contributed by atoms with Crippen molar-refractivity contribution in [3.05, 3.63) is 75.9 Å². The summed E-state index contributed by atoms with van der Waals surface area (Å²) in [4.78, 5) is 79.8. The summed E-state index contributed by atoms with van der Waals surface area (Å²) in [7, 11) is 0. The van der Waals surface area contributed by atoms with E-state index < -0.39 is 35.5 Å². The fraction of sp³-hybridized carbons (Fsp3) is 0.450. The quantitative estimate of drug-likeness (QED) is 0.318. The molecule has 5 heterocycles. The first kappa shape index (κ1) is 38.2. The Balaban J connectivity index is 0.784. The lowest BCUT2D eigenvalue weighted by molar-refractivity contribution is -0.136. The summed E-state index contributed by atoms with van der Waals surface area (Å²) in [5.41, 5.74) is 0.907. The lowest BCUT2D eigenvalue weighted by atomic mass is 9.93. The first-order chi connectivity index (χ1) is 27.6. The molecule has 17 heteroatoms. The molecule has 2 aromatic carbocycles. The van der Waals surface area contributed by atoms with E-state index in [2.05, 4.69) is 30.4 Å². The average molecular weight is 798 g/mol. The Kier molecular flexibility index (Phi) is 10.8. The van der Waals surface area contributed by atoms with E-state index in [-0.39, 0.29) is 53.4 Å². The van der Waals surface area contributed by atoms with Gasteiger partial charge in [0.15, 0.2) is 0 Å². The summed E-state index contributed by atoms with van der Waals surface area (Å²) in [5.74, 6) is -2.08. The molecule has 1 saturated carbocycles. The van der Waals surface area contributed by atoms with Crippen molar-refractivity contribution in [3.8, 4) is 11.8 Å². The monoisotopic (exact) mass is 797 g/mol. The minimum absolute atomic E-state index is 0.000371. The van der Waals surface area contributed by atoms with Gasteiger partial charge >= 0.3 is 0 Å². The third-order valence-corrected chi connectivity index (χ3v) is 12.0. The topological polar surface area (TPSA) is 181 Å². The molecular formula is C40H41ClFN9O6. The highest BCUT2D eigenvalue weighted by atomic mass is 35.5. The summed E-state index contributed by atoms with van der Waals surface area (Å²) in [6.07, 6.45) is 7.84. The minimum Gasteiger partial charge on any atom is -0.490 e. The van der Waals surface area contributed by atoms with E-state index in [1.165, 1.54) is 12.3 Å². The molecule has 1 unspecified atom stereocenters. The van der Waals surface area contributed by atoms with E-state index in [0.717, 1.165) is 75.7 Å². The molecular weight excluding hydrogens is 757 g/mol. The number of carbonyl (C=O) groups excluding carboxylic acids is 5. The molecule has 0 bridgehead atoms. The Morgan fingerprint density at radius 2 is 1.60 bits per heavy atom. The van der Waals surface area contributed by atoms with Gasteiger partial charge in [-0.15, -0.1) is 0 Å². The van der Waals surface area contributed by atoms with Gasteiger partial charge in [-0.05, 0) is 69.2 Å². The van der Waals surface area contributed by atoms with Gasteiger partial charge in [0.1, 0.15) is 35.2 Å². The van der Waals surface area contributed by atoms with Gasteiger partial charge in [0.2, 0.25) is 11.8 Å². The van der Waals surface area contributed by atoms with Crippen molar-refractivity contribution in [1.29, 1.82) is 5.26 Å². The largest absolute Gasteiger partial charge is 0.490 e. The van der Waals surface area contributed by atoms with Crippen molar-refractivity contribution in [2.24, 2.45) is 0 Å². The standard InChI is InChI=1S/C40H41ClFN9O6/c41-30-17-27(4-1-23(30)20-43)57-26-5-2-24(3-6-26)46-37(53)32-21-45-35(22-44-32)50-15-13-48(14-16-50)25-9-11-49(12-10-25)34-19-29-28(18-31(34)42)39(55)51(40(29)56)33-7-8-36(52)47-38(33)54/h1,4,17-19,21-22,24-26,33H,2-3,5-16H2,(H,46,53)(H,47,52,54)/t24-,26-,33?. The normalized spacial score (nSPS) is 23.2. The molecule has 1 aromatic heterocycles. The van der Waals surface area contributed by atoms with E-state index >= 15 is 4.39 Å². The number of benzene rings is 2. The van der Waals surface area contributed by atoms with E-state index in [1.54, 1.807) is 24.4 Å². The number of nitrogens with zero attached hydrogens (tertiary/aromatic N) is 7. The zero-order valence-corrected chi connectivity index (χ0v) is 31.8. The van der Waals surface area contributed by atoms with Gasteiger partial charge in [-0.1, -0.05) is 11.6 Å². The van der Waals surface area contributed by atoms with Crippen LogP contribution in [0.4, 0.5) is 15.9 Å². The first-order valence-corrected chi connectivity index (χ1v) is 19.7. The summed E-state index contributed by atoms with van der Waals surface area (Å²) in [6, 6.07) is 8.78. The molecule has 2 N–H and O–H groups in total. The van der Waals surface area contributed by atoms with Gasteiger partial charge < -0.3 is 19.9 Å². The van der Waals surface area contributed by atoms with Crippen LogP contribution in [0.3, 0.4) is 0 Å². The summed E-state index contributed by atoms with van der Waals surface area (Å²) in [6.45, 7) is 4.22. The van der Waals surface area contributed by atoms with Crippen LogP contribution >= 0.6 is 11.6 Å². The average Bonchev–Trinajstić information content (AvgIpc) is 3.45. The highest BCUT2D eigenvalue weighted by Crippen LogP contribution is 2.34. The van der Waals surface area contributed by atoms with Gasteiger partial charge in [-0.2, -0.15) is 5.26 Å². The Hall–Kier alpha value is -5.66. The van der Waals surface area contributed by atoms with E-state index in [1.807, 2.05) is 11.0 Å². The predicted octanol–water partition coefficient (Wildman–Crippen LogP) is 3.45. The molecule has 3 saturated heterocycles. The number of hydrogen-bond donors (Lipinski definition) is 2. The van der Waals surface area contributed by atoms with Crippen LogP contribution in [0.2, 0.25) is 5.02 Å². The number of piperazine rings is 1. The lowest BCUT2D eigenvalue weighted by Gasteiger charge is -2.43. The van der Waals surface area contributed by atoms with Crippen molar-refractivity contribution in [2.45, 2.75) is 75.6 Å². The van der Waals surface area contributed by atoms with Crippen LogP contribution in [0.25, 0.3) is 0 Å². The molecule has 4 fully saturated rings. The number of carbonyl (C=O) groups is 5. The van der Waals surface area contributed by atoms with E-state index in [9.17, 15) is 24.0 Å². The minimum atomic E-state index is -1.11. The number of hydrogen-bond acceptors (Lipinski definition) is 12. The molecule has 1 atom stereocenters. The number of anilines is 2. The number of imide groups is 2. The number of halogens is 2. The van der Waals surface area contributed by atoms with Crippen LogP contribution in [-0.2, 0) is 9.59 Å². The molecule has 5 aliphatic rings. The van der Waals surface area contributed by atoms with Crippen LogP contribution in [0.15, 0.2) is 42.7 Å². The number of amides is 5. The van der Waals surface area contributed by atoms with Gasteiger partial charge in [-0.3, -0.25) is 39.1 Å². The third-order valence-electron chi connectivity index (χ3n) is 11.7. The Morgan fingerprint density at radius 3 is 2.25 bits per heavy atom. The van der Waals surface area contributed by atoms with Crippen LogP contribution in [0.1, 0.15) is 88.1 Å². The second-order valence-corrected chi connectivity index (χ2v) is 15.5. The van der Waals surface area contributed by atoms with Gasteiger partial charge in [0.25, 0.3) is 17.7 Å². The number of piperidine rings is 2. The zero-order chi connectivity index (χ0) is 39.8. The van der Waals surface area contributed by atoms with Crippen molar-refractivity contribution in [1.82, 2.24) is 30.4 Å². The first-order valence-electron chi connectivity index (χ1n) is 19.3. The highest BCUT2D eigenvalue weighted by molar-refractivity contribution is 6.31. The molecule has 4 aliphatic heterocycles. The molecule has 15 nitrogen and oxygen atoms in total. The van der Waals surface area contributed by atoms with Gasteiger partial charge in [0.05, 0.1) is 45.9 Å². The maximum absolute atomic E-state index is 15.4. The van der Waals surface area contributed by atoms with Crippen molar-refractivity contribution >= 4 is 52.6 Å². The molecule has 1 aliphatic carbocycles. The Labute approximate surface area is 333 Å². The van der Waals surface area contributed by atoms with Crippen molar-refractivity contribution < 1.29 is 33.1 Å². The van der Waals surface area contributed by atoms with E-state index in [4.69, 9.17) is 21.6 Å². The Bertz CT molecular complexity index is 2140. The lowest BCUT2D eigenvalue weighted by Crippen LogP contribution is -2.54. The number of rotatable bonds is 8. The van der Waals surface area contributed by atoms with Crippen LogP contribution in [-0.4, -0.2) is 113 Å². The second kappa shape index (κ2) is 16.1. The summed E-state index contributed by atoms with van der Waals surface area (Å²) in [5, 5.41) is 14.7. The van der Waals surface area contributed by atoms with Crippen molar-refractivity contribution in [3.63, 3.8) is 0 Å². The second-order valence-electron chi connectivity index (χ2n) is 15.1. The number of ether oxygens (including phenoxy) is 1. The summed E-state index contributed by atoms with van der Waals surface area (Å²) >= 11 is 6.14. The molecule has 57 heavy (non-hydrogen) atoms. The number of nitriles is 1. The third kappa shape index (κ3) is 7.86. The van der Waals surface area contributed by atoms with E-state index in [0.29, 0.717) is 41.3 Å². The number of aromatic nitrogens is 2. The fourth-order valence-electron chi connectivity index (χ4n) is 8.55. The maximum Gasteiger partial charge on any atom is 0.271 e. The van der Waals surface area contributed by atoms with Crippen molar-refractivity contribution in [2.75, 3.05) is 49.1 Å². The highest BCUT2D eigenvalue weighted by Gasteiger charge is 2.45. The smallest absolute Gasteiger partial charge is 0.271 e. The zero-order valence-electron chi connectivity index (χ0n) is 31.1. The Morgan fingerprint density at radius 1 is 0.877 bits per heavy atom. The predicted molar refractivity (Wildman–Crippen MR) is 204 cm³/mol. The maximum atomic E-state index is 15.4. The van der Waals surface area contributed by atoms with Gasteiger partial charge in [0, 0.05) is 63.8 Å². The molecule has 296 valence electrons. The van der Waals surface area contributed by atoms with Crippen LogP contribution in [0.5, 0.6) is 5.75 Å². The van der Waals surface area contributed by atoms with Gasteiger partial charge in [-0.25, -0.2) is 14.4 Å². The fourth-order valence-corrected chi connectivity index (χ4v) is 8.76. The SMILES string of the molecule is N#Cc1ccc(O[C@H]2CC[C@H](NC(=O)c3cnc(N4CCN(C5CCN(c6cc7c(cc6F)C(=O)N(C6CCC(=O)NC6=O)C7=O)CC5)CC4)cn3)CC2)cc1Cl.